The van der Waals surface area contributed by atoms with Crippen LogP contribution in [-0.2, 0) is 16.1 Å². The van der Waals surface area contributed by atoms with Crippen LogP contribution in [0.4, 0.5) is 0 Å². The van der Waals surface area contributed by atoms with Gasteiger partial charge >= 0.3 is 0 Å². The van der Waals surface area contributed by atoms with E-state index in [4.69, 9.17) is 9.47 Å². The molecule has 0 saturated heterocycles. The SMILES string of the molecule is CCOCCCNC(=NCc1ccc(OC)cc1)NCC(C)(C)C(=O)NC. The molecule has 0 fully saturated rings. The zero-order chi connectivity index (χ0) is 20.1. The molecular formula is C20H34N4O3. The molecular weight excluding hydrogens is 344 g/mol. The molecule has 0 aliphatic carbocycles. The highest BCUT2D eigenvalue weighted by atomic mass is 16.5. The van der Waals surface area contributed by atoms with E-state index >= 15 is 0 Å². The molecule has 0 unspecified atom stereocenters. The number of amides is 1. The smallest absolute Gasteiger partial charge is 0.227 e. The Morgan fingerprint density at radius 3 is 2.48 bits per heavy atom. The number of rotatable bonds is 11. The van der Waals surface area contributed by atoms with Gasteiger partial charge in [0.15, 0.2) is 5.96 Å². The molecule has 7 heteroatoms. The Morgan fingerprint density at radius 1 is 1.19 bits per heavy atom. The van der Waals surface area contributed by atoms with Crippen molar-refractivity contribution in [3.63, 3.8) is 0 Å². The number of aliphatic imine (C=N–C) groups is 1. The van der Waals surface area contributed by atoms with Crippen LogP contribution in [0.3, 0.4) is 0 Å². The van der Waals surface area contributed by atoms with Crippen molar-refractivity contribution in [1.82, 2.24) is 16.0 Å². The summed E-state index contributed by atoms with van der Waals surface area (Å²) in [7, 11) is 3.30. The van der Waals surface area contributed by atoms with Crippen molar-refractivity contribution in [2.75, 3.05) is 40.5 Å². The topological polar surface area (TPSA) is 84.0 Å². The van der Waals surface area contributed by atoms with Crippen LogP contribution in [-0.4, -0.2) is 52.3 Å². The quantitative estimate of drug-likeness (QED) is 0.311. The molecule has 0 saturated carbocycles. The maximum Gasteiger partial charge on any atom is 0.227 e. The number of carbonyl (C=O) groups is 1. The van der Waals surface area contributed by atoms with Gasteiger partial charge in [-0.15, -0.1) is 0 Å². The first-order valence-corrected chi connectivity index (χ1v) is 9.38. The molecule has 1 aromatic carbocycles. The molecule has 1 rings (SSSR count). The number of hydrogen-bond acceptors (Lipinski definition) is 4. The number of ether oxygens (including phenoxy) is 2. The Balaban J connectivity index is 2.68. The van der Waals surface area contributed by atoms with E-state index in [1.807, 2.05) is 45.0 Å². The van der Waals surface area contributed by atoms with Crippen molar-refractivity contribution in [2.24, 2.45) is 10.4 Å². The van der Waals surface area contributed by atoms with Crippen LogP contribution in [0.2, 0.25) is 0 Å². The molecule has 0 radical (unpaired) electrons. The van der Waals surface area contributed by atoms with Crippen molar-refractivity contribution in [3.05, 3.63) is 29.8 Å². The number of benzene rings is 1. The first kappa shape index (κ1) is 22.8. The second-order valence-corrected chi connectivity index (χ2v) is 6.81. The number of methoxy groups -OCH3 is 1. The van der Waals surface area contributed by atoms with Crippen LogP contribution in [0, 0.1) is 5.41 Å². The van der Waals surface area contributed by atoms with Crippen LogP contribution < -0.4 is 20.7 Å². The molecule has 152 valence electrons. The molecule has 3 N–H and O–H groups in total. The van der Waals surface area contributed by atoms with E-state index in [1.54, 1.807) is 14.2 Å². The van der Waals surface area contributed by atoms with Crippen LogP contribution in [0.1, 0.15) is 32.8 Å². The summed E-state index contributed by atoms with van der Waals surface area (Å²) in [5.41, 5.74) is 0.541. The molecule has 1 amide bonds. The van der Waals surface area contributed by atoms with Gasteiger partial charge in [-0.05, 0) is 44.9 Å². The minimum absolute atomic E-state index is 0.0131. The standard InChI is InChI=1S/C20H34N4O3/c1-6-27-13-7-12-22-19(24-15-20(2,3)18(25)21-4)23-14-16-8-10-17(26-5)11-9-16/h8-11H,6-7,12-15H2,1-5H3,(H,21,25)(H2,22,23,24). The Kier molecular flexibility index (Phi) is 10.3. The zero-order valence-electron chi connectivity index (χ0n) is 17.2. The van der Waals surface area contributed by atoms with Gasteiger partial charge in [0.05, 0.1) is 19.1 Å². The molecule has 0 aliphatic rings. The Morgan fingerprint density at radius 2 is 1.89 bits per heavy atom. The average molecular weight is 379 g/mol. The van der Waals surface area contributed by atoms with E-state index in [1.165, 1.54) is 0 Å². The monoisotopic (exact) mass is 378 g/mol. The predicted octanol–water partition coefficient (Wildman–Crippen LogP) is 1.93. The maximum atomic E-state index is 12.0. The van der Waals surface area contributed by atoms with E-state index in [-0.39, 0.29) is 5.91 Å². The molecule has 7 nitrogen and oxygen atoms in total. The fraction of sp³-hybridized carbons (Fsp3) is 0.600. The van der Waals surface area contributed by atoms with E-state index in [9.17, 15) is 4.79 Å². The van der Waals surface area contributed by atoms with Gasteiger partial charge in [-0.1, -0.05) is 12.1 Å². The van der Waals surface area contributed by atoms with Crippen molar-refractivity contribution < 1.29 is 14.3 Å². The highest BCUT2D eigenvalue weighted by Crippen LogP contribution is 2.14. The third-order valence-corrected chi connectivity index (χ3v) is 4.08. The lowest BCUT2D eigenvalue weighted by atomic mass is 9.92. The summed E-state index contributed by atoms with van der Waals surface area (Å²) >= 11 is 0. The molecule has 1 aromatic rings. The van der Waals surface area contributed by atoms with Crippen molar-refractivity contribution >= 4 is 11.9 Å². The van der Waals surface area contributed by atoms with Gasteiger partial charge in [0.1, 0.15) is 5.75 Å². The number of carbonyl (C=O) groups excluding carboxylic acids is 1. The van der Waals surface area contributed by atoms with Crippen LogP contribution in [0.5, 0.6) is 5.75 Å². The Hall–Kier alpha value is -2.28. The maximum absolute atomic E-state index is 12.0. The third kappa shape index (κ3) is 8.77. The first-order chi connectivity index (χ1) is 12.9. The lowest BCUT2D eigenvalue weighted by Crippen LogP contribution is -2.47. The zero-order valence-corrected chi connectivity index (χ0v) is 17.2. The summed E-state index contributed by atoms with van der Waals surface area (Å²) in [5, 5.41) is 9.27. The van der Waals surface area contributed by atoms with Crippen LogP contribution >= 0.6 is 0 Å². The number of guanidine groups is 1. The summed E-state index contributed by atoms with van der Waals surface area (Å²) in [6, 6.07) is 7.82. The molecule has 0 heterocycles. The van der Waals surface area contributed by atoms with Crippen molar-refractivity contribution in [1.29, 1.82) is 0 Å². The molecule has 0 spiro atoms. The lowest BCUT2D eigenvalue weighted by molar-refractivity contribution is -0.128. The molecule has 0 atom stereocenters. The Bertz CT molecular complexity index is 585. The van der Waals surface area contributed by atoms with Crippen LogP contribution in [0.25, 0.3) is 0 Å². The number of nitrogens with one attached hydrogen (secondary N) is 3. The van der Waals surface area contributed by atoms with Gasteiger partial charge in [0.2, 0.25) is 5.91 Å². The van der Waals surface area contributed by atoms with Gasteiger partial charge in [0, 0.05) is 33.4 Å². The molecule has 27 heavy (non-hydrogen) atoms. The van der Waals surface area contributed by atoms with Crippen molar-refractivity contribution in [3.8, 4) is 5.75 Å². The molecule has 0 aromatic heterocycles. The fourth-order valence-electron chi connectivity index (χ4n) is 2.32. The minimum Gasteiger partial charge on any atom is -0.497 e. The number of nitrogens with zero attached hydrogens (tertiary/aromatic N) is 1. The summed E-state index contributed by atoms with van der Waals surface area (Å²) in [4.78, 5) is 16.6. The molecule has 0 aliphatic heterocycles. The van der Waals surface area contributed by atoms with E-state index in [0.29, 0.717) is 25.7 Å². The summed E-state index contributed by atoms with van der Waals surface area (Å²) < 4.78 is 10.5. The largest absolute Gasteiger partial charge is 0.497 e. The van der Waals surface area contributed by atoms with Gasteiger partial charge in [-0.2, -0.15) is 0 Å². The van der Waals surface area contributed by atoms with Gasteiger partial charge < -0.3 is 25.4 Å². The predicted molar refractivity (Wildman–Crippen MR) is 109 cm³/mol. The lowest BCUT2D eigenvalue weighted by Gasteiger charge is -2.24. The highest BCUT2D eigenvalue weighted by molar-refractivity contribution is 5.84. The molecule has 0 bridgehead atoms. The average Bonchev–Trinajstić information content (AvgIpc) is 2.68. The second kappa shape index (κ2) is 12.2. The second-order valence-electron chi connectivity index (χ2n) is 6.81. The number of hydrogen-bond donors (Lipinski definition) is 3. The third-order valence-electron chi connectivity index (χ3n) is 4.08. The van der Waals surface area contributed by atoms with Gasteiger partial charge in [-0.3, -0.25) is 4.79 Å². The highest BCUT2D eigenvalue weighted by Gasteiger charge is 2.26. The minimum atomic E-state index is -0.539. The summed E-state index contributed by atoms with van der Waals surface area (Å²) in [6.07, 6.45) is 0.885. The van der Waals surface area contributed by atoms with Crippen molar-refractivity contribution in [2.45, 2.75) is 33.7 Å². The fourth-order valence-corrected chi connectivity index (χ4v) is 2.32. The first-order valence-electron chi connectivity index (χ1n) is 9.38. The van der Waals surface area contributed by atoms with Crippen LogP contribution in [0.15, 0.2) is 29.3 Å². The van der Waals surface area contributed by atoms with Gasteiger partial charge in [0.25, 0.3) is 0 Å². The Labute approximate surface area is 162 Å². The van der Waals surface area contributed by atoms with E-state index in [2.05, 4.69) is 20.9 Å². The van der Waals surface area contributed by atoms with E-state index in [0.717, 1.165) is 30.9 Å². The summed E-state index contributed by atoms with van der Waals surface area (Å²) in [5.74, 6) is 1.49. The van der Waals surface area contributed by atoms with E-state index < -0.39 is 5.41 Å². The van der Waals surface area contributed by atoms with Gasteiger partial charge in [-0.25, -0.2) is 4.99 Å². The summed E-state index contributed by atoms with van der Waals surface area (Å²) in [6.45, 7) is 8.96. The normalized spacial score (nSPS) is 11.8.